The first-order valence-corrected chi connectivity index (χ1v) is 16.8. The molecule has 0 bridgehead atoms. The SMILES string of the molecule is Cc1ccc2cc3c(cc2c1)sc1cc2cc(-c4ccc5cc6c(cc5c4)sc4cc5cc(C)ccc5cc46)ccc2cc13. The highest BCUT2D eigenvalue weighted by Gasteiger charge is 2.12. The first-order valence-electron chi connectivity index (χ1n) is 15.1. The van der Waals surface area contributed by atoms with Crippen molar-refractivity contribution in [2.45, 2.75) is 13.8 Å². The molecule has 44 heavy (non-hydrogen) atoms. The largest absolute Gasteiger partial charge is 0.135 e. The van der Waals surface area contributed by atoms with Crippen molar-refractivity contribution in [2.24, 2.45) is 0 Å². The van der Waals surface area contributed by atoms with E-state index >= 15 is 0 Å². The van der Waals surface area contributed by atoms with Gasteiger partial charge in [-0.1, -0.05) is 71.8 Å². The topological polar surface area (TPSA) is 0 Å². The van der Waals surface area contributed by atoms with Crippen molar-refractivity contribution < 1.29 is 0 Å². The Morgan fingerprint density at radius 1 is 0.295 bits per heavy atom. The molecule has 10 rings (SSSR count). The van der Waals surface area contributed by atoms with Gasteiger partial charge < -0.3 is 0 Å². The number of fused-ring (bicyclic) bond motifs is 10. The minimum Gasteiger partial charge on any atom is -0.135 e. The van der Waals surface area contributed by atoms with Crippen LogP contribution < -0.4 is 0 Å². The molecule has 206 valence electrons. The number of hydrogen-bond acceptors (Lipinski definition) is 2. The first-order chi connectivity index (χ1) is 21.5. The Bertz CT molecular complexity index is 2650. The van der Waals surface area contributed by atoms with Gasteiger partial charge in [0.15, 0.2) is 0 Å². The summed E-state index contributed by atoms with van der Waals surface area (Å²) in [7, 11) is 0. The Kier molecular flexibility index (Phi) is 4.98. The number of aryl methyl sites for hydroxylation is 2. The molecule has 0 radical (unpaired) electrons. The molecule has 0 aliphatic rings. The summed E-state index contributed by atoms with van der Waals surface area (Å²) in [5.41, 5.74) is 5.14. The van der Waals surface area contributed by atoms with E-state index in [-0.39, 0.29) is 0 Å². The minimum atomic E-state index is 1.26. The molecule has 0 aliphatic carbocycles. The van der Waals surface area contributed by atoms with E-state index in [9.17, 15) is 0 Å². The zero-order chi connectivity index (χ0) is 29.1. The van der Waals surface area contributed by atoms with Crippen molar-refractivity contribution in [2.75, 3.05) is 0 Å². The Morgan fingerprint density at radius 2 is 0.614 bits per heavy atom. The van der Waals surface area contributed by atoms with Crippen molar-refractivity contribution >= 4 is 106 Å². The van der Waals surface area contributed by atoms with Crippen LogP contribution in [0.3, 0.4) is 0 Å². The highest BCUT2D eigenvalue weighted by atomic mass is 32.1. The smallest absolute Gasteiger partial charge is 0.0361 e. The third-order valence-corrected chi connectivity index (χ3v) is 11.6. The number of thiophene rings is 2. The van der Waals surface area contributed by atoms with Crippen molar-refractivity contribution in [1.29, 1.82) is 0 Å². The molecule has 0 saturated heterocycles. The van der Waals surface area contributed by atoms with Gasteiger partial charge in [-0.05, 0) is 129 Å². The average molecular weight is 595 g/mol. The van der Waals surface area contributed by atoms with E-state index in [1.807, 2.05) is 22.7 Å². The molecule has 0 nitrogen and oxygen atoms in total. The fraction of sp³-hybridized carbons (Fsp3) is 0.0476. The summed E-state index contributed by atoms with van der Waals surface area (Å²) in [6, 6.07) is 46.4. The van der Waals surface area contributed by atoms with E-state index < -0.39 is 0 Å². The van der Waals surface area contributed by atoms with E-state index in [0.29, 0.717) is 0 Å². The second-order valence-corrected chi connectivity index (χ2v) is 14.6. The van der Waals surface area contributed by atoms with Gasteiger partial charge in [-0.3, -0.25) is 0 Å². The molecule has 0 spiro atoms. The van der Waals surface area contributed by atoms with Gasteiger partial charge in [0.05, 0.1) is 0 Å². The van der Waals surface area contributed by atoms with Gasteiger partial charge in [-0.25, -0.2) is 0 Å². The van der Waals surface area contributed by atoms with Crippen LogP contribution in [0.15, 0.2) is 121 Å². The van der Waals surface area contributed by atoms with Crippen LogP contribution in [0.1, 0.15) is 11.1 Å². The molecule has 2 heteroatoms. The molecule has 0 atom stereocenters. The lowest BCUT2D eigenvalue weighted by atomic mass is 9.97. The van der Waals surface area contributed by atoms with Crippen LogP contribution in [0.25, 0.3) is 94.6 Å². The van der Waals surface area contributed by atoms with Crippen molar-refractivity contribution in [3.63, 3.8) is 0 Å². The molecular weight excluding hydrogens is 569 g/mol. The fourth-order valence-electron chi connectivity index (χ4n) is 7.12. The average Bonchev–Trinajstić information content (AvgIpc) is 3.55. The Hall–Kier alpha value is -4.76. The summed E-state index contributed by atoms with van der Waals surface area (Å²) in [4.78, 5) is 0. The van der Waals surface area contributed by atoms with Crippen molar-refractivity contribution in [3.05, 3.63) is 132 Å². The predicted octanol–water partition coefficient (Wildman–Crippen LogP) is 13.3. The molecule has 0 amide bonds. The van der Waals surface area contributed by atoms with E-state index in [2.05, 4.69) is 135 Å². The van der Waals surface area contributed by atoms with Crippen LogP contribution in [0.5, 0.6) is 0 Å². The van der Waals surface area contributed by atoms with E-state index in [4.69, 9.17) is 0 Å². The molecule has 8 aromatic carbocycles. The van der Waals surface area contributed by atoms with E-state index in [1.165, 1.54) is 106 Å². The third-order valence-electron chi connectivity index (χ3n) is 9.42. The quantitative estimate of drug-likeness (QED) is 0.177. The van der Waals surface area contributed by atoms with Gasteiger partial charge in [0.25, 0.3) is 0 Å². The standard InChI is InChI=1S/C42H26S2/c1-23-3-5-27-15-35-37-17-29-9-7-25(13-33(29)21-41(37)43-39(35)19-31(27)11-23)26-8-10-30-18-38-36-16-28-6-4-24(2)12-32(28)20-40(36)44-42(38)22-34(30)14-26/h3-22H,1-2H3. The lowest BCUT2D eigenvalue weighted by Gasteiger charge is -2.07. The van der Waals surface area contributed by atoms with Gasteiger partial charge in [-0.2, -0.15) is 0 Å². The lowest BCUT2D eigenvalue weighted by molar-refractivity contribution is 1.51. The normalized spacial score (nSPS) is 12.3. The summed E-state index contributed by atoms with van der Waals surface area (Å²) in [6.45, 7) is 4.34. The molecule has 2 heterocycles. The second-order valence-electron chi connectivity index (χ2n) is 12.4. The molecule has 0 N–H and O–H groups in total. The van der Waals surface area contributed by atoms with Crippen LogP contribution in [0.4, 0.5) is 0 Å². The van der Waals surface area contributed by atoms with Crippen LogP contribution in [-0.4, -0.2) is 0 Å². The predicted molar refractivity (Wildman–Crippen MR) is 197 cm³/mol. The summed E-state index contributed by atoms with van der Waals surface area (Å²) in [5.74, 6) is 0. The van der Waals surface area contributed by atoms with Gasteiger partial charge in [0.1, 0.15) is 0 Å². The van der Waals surface area contributed by atoms with Crippen LogP contribution in [0, 0.1) is 13.8 Å². The number of benzene rings is 8. The van der Waals surface area contributed by atoms with Crippen LogP contribution in [0.2, 0.25) is 0 Å². The summed E-state index contributed by atoms with van der Waals surface area (Å²) in [5, 5.41) is 15.9. The zero-order valence-electron chi connectivity index (χ0n) is 24.4. The fourth-order valence-corrected chi connectivity index (χ4v) is 9.45. The molecule has 0 unspecified atom stereocenters. The monoisotopic (exact) mass is 594 g/mol. The lowest BCUT2D eigenvalue weighted by Crippen LogP contribution is -1.81. The molecule has 2 aromatic heterocycles. The van der Waals surface area contributed by atoms with Crippen molar-refractivity contribution in [1.82, 2.24) is 0 Å². The van der Waals surface area contributed by atoms with Gasteiger partial charge >= 0.3 is 0 Å². The highest BCUT2D eigenvalue weighted by molar-refractivity contribution is 7.26. The molecular formula is C42H26S2. The molecule has 10 aromatic rings. The second kappa shape index (κ2) is 8.89. The number of rotatable bonds is 1. The summed E-state index contributed by atoms with van der Waals surface area (Å²) < 4.78 is 5.42. The molecule has 0 fully saturated rings. The third kappa shape index (κ3) is 3.68. The maximum absolute atomic E-state index is 2.39. The molecule has 0 aliphatic heterocycles. The maximum Gasteiger partial charge on any atom is 0.0361 e. The molecule has 0 saturated carbocycles. The minimum absolute atomic E-state index is 1.26. The van der Waals surface area contributed by atoms with Gasteiger partial charge in [-0.15, -0.1) is 22.7 Å². The van der Waals surface area contributed by atoms with Crippen LogP contribution in [-0.2, 0) is 0 Å². The highest BCUT2D eigenvalue weighted by Crippen LogP contribution is 2.41. The maximum atomic E-state index is 2.39. The Morgan fingerprint density at radius 3 is 0.977 bits per heavy atom. The van der Waals surface area contributed by atoms with Crippen molar-refractivity contribution in [3.8, 4) is 11.1 Å². The summed E-state index contributed by atoms with van der Waals surface area (Å²) >= 11 is 3.81. The van der Waals surface area contributed by atoms with E-state index in [1.54, 1.807) is 0 Å². The number of hydrogen-bond donors (Lipinski definition) is 0. The zero-order valence-corrected chi connectivity index (χ0v) is 26.0. The Balaban J connectivity index is 1.10. The van der Waals surface area contributed by atoms with Crippen LogP contribution >= 0.6 is 22.7 Å². The Labute approximate surface area is 262 Å². The first kappa shape index (κ1) is 24.7. The summed E-state index contributed by atoms with van der Waals surface area (Å²) in [6.07, 6.45) is 0. The van der Waals surface area contributed by atoms with E-state index in [0.717, 1.165) is 0 Å². The van der Waals surface area contributed by atoms with Gasteiger partial charge in [0, 0.05) is 40.3 Å². The van der Waals surface area contributed by atoms with Gasteiger partial charge in [0.2, 0.25) is 0 Å².